The first kappa shape index (κ1) is 22.1. The fourth-order valence-electron chi connectivity index (χ4n) is 3.31. The van der Waals surface area contributed by atoms with E-state index in [0.717, 1.165) is 0 Å². The third-order valence-corrected chi connectivity index (χ3v) is 4.62. The highest BCUT2D eigenvalue weighted by atomic mass is 16.5. The molecule has 1 aromatic carbocycles. The van der Waals surface area contributed by atoms with E-state index >= 15 is 0 Å². The summed E-state index contributed by atoms with van der Waals surface area (Å²) < 4.78 is 11.7. The van der Waals surface area contributed by atoms with Gasteiger partial charge in [0.05, 0.1) is 24.4 Å². The fraction of sp³-hybridized carbons (Fsp3) is 0.524. The summed E-state index contributed by atoms with van der Waals surface area (Å²) in [6.07, 6.45) is -0.751. The summed E-state index contributed by atoms with van der Waals surface area (Å²) in [5.74, 6) is 1.72. The molecule has 0 spiro atoms. The summed E-state index contributed by atoms with van der Waals surface area (Å²) in [4.78, 5) is 8.46. The summed E-state index contributed by atoms with van der Waals surface area (Å²) in [6, 6.07) is 7.24. The highest BCUT2D eigenvalue weighted by molar-refractivity contribution is 5.40. The third kappa shape index (κ3) is 5.41. The molecule has 0 amide bonds. The molecule has 0 fully saturated rings. The number of aromatic nitrogens is 2. The Morgan fingerprint density at radius 3 is 2.39 bits per heavy atom. The number of aliphatic hydroxyl groups excluding tert-OH is 2. The number of ether oxygens (including phenoxy) is 2. The van der Waals surface area contributed by atoms with Gasteiger partial charge < -0.3 is 25.4 Å². The molecule has 4 N–H and O–H groups in total. The van der Waals surface area contributed by atoms with Crippen molar-refractivity contribution in [3.63, 3.8) is 0 Å². The lowest BCUT2D eigenvalue weighted by Gasteiger charge is -2.37. The van der Waals surface area contributed by atoms with Crippen molar-refractivity contribution in [3.8, 4) is 11.5 Å². The number of aryl methyl sites for hydroxylation is 2. The number of aliphatic hydroxyl groups is 2. The zero-order valence-electron chi connectivity index (χ0n) is 17.2. The van der Waals surface area contributed by atoms with Gasteiger partial charge in [-0.2, -0.15) is 0 Å². The normalized spacial score (nSPS) is 16.7. The molecule has 0 saturated heterocycles. The monoisotopic (exact) mass is 389 g/mol. The molecule has 0 aliphatic rings. The Balaban J connectivity index is 2.24. The van der Waals surface area contributed by atoms with E-state index in [4.69, 9.17) is 15.2 Å². The Hall–Kier alpha value is -2.22. The Morgan fingerprint density at radius 2 is 1.82 bits per heavy atom. The first-order chi connectivity index (χ1) is 13.2. The van der Waals surface area contributed by atoms with Crippen molar-refractivity contribution in [1.29, 1.82) is 0 Å². The minimum Gasteiger partial charge on any atom is -0.490 e. The van der Waals surface area contributed by atoms with Gasteiger partial charge in [-0.25, -0.2) is 9.97 Å². The molecule has 0 aliphatic carbocycles. The van der Waals surface area contributed by atoms with E-state index in [2.05, 4.69) is 9.97 Å². The molecule has 2 rings (SSSR count). The number of rotatable bonds is 9. The van der Waals surface area contributed by atoms with Gasteiger partial charge in [-0.1, -0.05) is 12.1 Å². The van der Waals surface area contributed by atoms with Crippen LogP contribution in [0.4, 0.5) is 0 Å². The predicted molar refractivity (Wildman–Crippen MR) is 107 cm³/mol. The minimum atomic E-state index is -1.04. The second-order valence-electron chi connectivity index (χ2n) is 7.34. The molecule has 0 aliphatic heterocycles. The summed E-state index contributed by atoms with van der Waals surface area (Å²) >= 11 is 0. The van der Waals surface area contributed by atoms with Crippen LogP contribution in [0.15, 0.2) is 30.5 Å². The molecule has 1 heterocycles. The maximum atomic E-state index is 10.7. The fourth-order valence-corrected chi connectivity index (χ4v) is 3.31. The van der Waals surface area contributed by atoms with Crippen LogP contribution < -0.4 is 15.2 Å². The van der Waals surface area contributed by atoms with Crippen LogP contribution in [-0.4, -0.2) is 44.5 Å². The number of benzene rings is 1. The lowest BCUT2D eigenvalue weighted by Crippen LogP contribution is -2.56. The van der Waals surface area contributed by atoms with Crippen molar-refractivity contribution in [2.75, 3.05) is 6.61 Å². The van der Waals surface area contributed by atoms with Gasteiger partial charge in [-0.3, -0.25) is 0 Å². The van der Waals surface area contributed by atoms with Crippen LogP contribution in [0.2, 0.25) is 0 Å². The Morgan fingerprint density at radius 1 is 1.18 bits per heavy atom. The van der Waals surface area contributed by atoms with Gasteiger partial charge in [0.2, 0.25) is 0 Å². The van der Waals surface area contributed by atoms with E-state index in [1.807, 2.05) is 26.0 Å². The zero-order valence-corrected chi connectivity index (χ0v) is 17.2. The highest BCUT2D eigenvalue weighted by Gasteiger charge is 2.38. The van der Waals surface area contributed by atoms with Crippen LogP contribution in [0.3, 0.4) is 0 Å². The second kappa shape index (κ2) is 9.32. The smallest absolute Gasteiger partial charge is 0.161 e. The van der Waals surface area contributed by atoms with Crippen LogP contribution in [0.1, 0.15) is 50.4 Å². The van der Waals surface area contributed by atoms with Crippen LogP contribution in [0, 0.1) is 13.8 Å². The number of nitrogens with two attached hydrogens (primary N) is 1. The lowest BCUT2D eigenvalue weighted by molar-refractivity contribution is -0.0154. The van der Waals surface area contributed by atoms with Crippen molar-refractivity contribution in [2.45, 2.75) is 64.9 Å². The summed E-state index contributed by atoms with van der Waals surface area (Å²) in [5.41, 5.74) is 6.80. The lowest BCUT2D eigenvalue weighted by atomic mass is 9.84. The standard InChI is InChI=1S/C21H31N3O4/c1-6-27-18-9-7-8-10-19(18)28-20(14(3)25)21(5,22)11-17(26)16-12-23-15(4)24-13(16)2/h7-10,12,14,17,20,25-26H,6,11,22H2,1-5H3. The second-order valence-corrected chi connectivity index (χ2v) is 7.34. The van der Waals surface area contributed by atoms with E-state index < -0.39 is 23.9 Å². The van der Waals surface area contributed by atoms with Crippen molar-refractivity contribution in [3.05, 3.63) is 47.5 Å². The number of nitrogens with zero attached hydrogens (tertiary/aromatic N) is 2. The molecule has 1 aromatic heterocycles. The molecule has 7 nitrogen and oxygen atoms in total. The van der Waals surface area contributed by atoms with Crippen LogP contribution in [0.25, 0.3) is 0 Å². The number of para-hydroxylation sites is 2. The molecule has 0 radical (unpaired) electrons. The van der Waals surface area contributed by atoms with Gasteiger partial charge in [0, 0.05) is 17.5 Å². The van der Waals surface area contributed by atoms with E-state index in [0.29, 0.717) is 35.2 Å². The maximum absolute atomic E-state index is 10.7. The van der Waals surface area contributed by atoms with Crippen molar-refractivity contribution < 1.29 is 19.7 Å². The summed E-state index contributed by atoms with van der Waals surface area (Å²) in [5, 5.41) is 21.1. The number of hydrogen-bond acceptors (Lipinski definition) is 7. The van der Waals surface area contributed by atoms with E-state index in [1.165, 1.54) is 0 Å². The quantitative estimate of drug-likeness (QED) is 0.604. The topological polar surface area (TPSA) is 111 Å². The molecule has 0 saturated carbocycles. The average Bonchev–Trinajstić information content (AvgIpc) is 2.60. The first-order valence-corrected chi connectivity index (χ1v) is 9.49. The van der Waals surface area contributed by atoms with Crippen LogP contribution in [-0.2, 0) is 0 Å². The van der Waals surface area contributed by atoms with E-state index in [1.54, 1.807) is 39.1 Å². The molecule has 0 bridgehead atoms. The van der Waals surface area contributed by atoms with Crippen molar-refractivity contribution in [1.82, 2.24) is 9.97 Å². The van der Waals surface area contributed by atoms with E-state index in [-0.39, 0.29) is 6.42 Å². The average molecular weight is 389 g/mol. The predicted octanol–water partition coefficient (Wildman–Crippen LogP) is 2.46. The zero-order chi connectivity index (χ0) is 20.9. The SMILES string of the molecule is CCOc1ccccc1OC(C(C)O)C(C)(N)CC(O)c1cnc(C)nc1C. The molecular weight excluding hydrogens is 358 g/mol. The van der Waals surface area contributed by atoms with Gasteiger partial charge in [-0.15, -0.1) is 0 Å². The van der Waals surface area contributed by atoms with Gasteiger partial charge in [0.25, 0.3) is 0 Å². The maximum Gasteiger partial charge on any atom is 0.161 e. The van der Waals surface area contributed by atoms with Crippen LogP contribution in [0.5, 0.6) is 11.5 Å². The minimum absolute atomic E-state index is 0.159. The molecule has 2 aromatic rings. The van der Waals surface area contributed by atoms with E-state index in [9.17, 15) is 10.2 Å². The Bertz CT molecular complexity index is 780. The number of hydrogen-bond donors (Lipinski definition) is 3. The van der Waals surface area contributed by atoms with Crippen molar-refractivity contribution >= 4 is 0 Å². The van der Waals surface area contributed by atoms with Gasteiger partial charge >= 0.3 is 0 Å². The summed E-state index contributed by atoms with van der Waals surface area (Å²) in [7, 11) is 0. The first-order valence-electron chi connectivity index (χ1n) is 9.49. The molecule has 4 unspecified atom stereocenters. The molecule has 28 heavy (non-hydrogen) atoms. The Labute approximate surface area is 166 Å². The van der Waals surface area contributed by atoms with Gasteiger partial charge in [-0.05, 0) is 53.2 Å². The van der Waals surface area contributed by atoms with Gasteiger partial charge in [0.1, 0.15) is 11.9 Å². The van der Waals surface area contributed by atoms with Gasteiger partial charge in [0.15, 0.2) is 11.5 Å². The molecular formula is C21H31N3O4. The molecule has 4 atom stereocenters. The molecule has 154 valence electrons. The third-order valence-electron chi connectivity index (χ3n) is 4.62. The molecule has 7 heteroatoms. The Kier molecular flexibility index (Phi) is 7.35. The van der Waals surface area contributed by atoms with Crippen LogP contribution >= 0.6 is 0 Å². The largest absolute Gasteiger partial charge is 0.490 e. The summed E-state index contributed by atoms with van der Waals surface area (Å²) in [6.45, 7) is 9.36. The highest BCUT2D eigenvalue weighted by Crippen LogP contribution is 2.33. The van der Waals surface area contributed by atoms with Crippen molar-refractivity contribution in [2.24, 2.45) is 5.73 Å².